The highest BCUT2D eigenvalue weighted by molar-refractivity contribution is 9.10. The Morgan fingerprint density at radius 3 is 2.54 bits per heavy atom. The molecule has 0 spiro atoms. The maximum atomic E-state index is 13.2. The first-order valence-electron chi connectivity index (χ1n) is 8.36. The molecule has 1 aliphatic heterocycles. The van der Waals surface area contributed by atoms with E-state index in [-0.39, 0.29) is 22.6 Å². The number of aromatic hydroxyl groups is 1. The molecule has 0 atom stereocenters. The van der Waals surface area contributed by atoms with Crippen LogP contribution in [0.2, 0.25) is 0 Å². The van der Waals surface area contributed by atoms with Crippen molar-refractivity contribution in [2.45, 2.75) is 6.92 Å². The highest BCUT2D eigenvalue weighted by Crippen LogP contribution is 2.38. The average Bonchev–Trinajstić information content (AvgIpc) is 2.92. The van der Waals surface area contributed by atoms with E-state index in [0.717, 1.165) is 4.47 Å². The summed E-state index contributed by atoms with van der Waals surface area (Å²) in [5.41, 5.74) is 1.69. The van der Waals surface area contributed by atoms with Crippen LogP contribution in [0.1, 0.15) is 12.5 Å². The van der Waals surface area contributed by atoms with Crippen molar-refractivity contribution in [3.8, 4) is 11.5 Å². The standard InChI is InChI=1S/C21H18BrNO5/c1-12-18(21(26)28-3)16(10-13-6-4-9-17(27-2)19(13)24)20(25)23(12)15-8-5-7-14(22)11-15/h4-11,24H,1-3H3/b16-10-. The summed E-state index contributed by atoms with van der Waals surface area (Å²) in [4.78, 5) is 27.1. The number of allylic oxidation sites excluding steroid dienone is 1. The van der Waals surface area contributed by atoms with Crippen LogP contribution in [0.15, 0.2) is 63.8 Å². The van der Waals surface area contributed by atoms with Gasteiger partial charge in [-0.2, -0.15) is 0 Å². The minimum Gasteiger partial charge on any atom is -0.504 e. The van der Waals surface area contributed by atoms with E-state index in [1.807, 2.05) is 6.07 Å². The Morgan fingerprint density at radius 2 is 1.89 bits per heavy atom. The zero-order valence-corrected chi connectivity index (χ0v) is 17.1. The van der Waals surface area contributed by atoms with Gasteiger partial charge in [-0.3, -0.25) is 9.69 Å². The molecule has 28 heavy (non-hydrogen) atoms. The van der Waals surface area contributed by atoms with Crippen LogP contribution in [0, 0.1) is 0 Å². The van der Waals surface area contributed by atoms with E-state index >= 15 is 0 Å². The third-order valence-electron chi connectivity index (χ3n) is 4.41. The summed E-state index contributed by atoms with van der Waals surface area (Å²) in [6.45, 7) is 1.68. The number of anilines is 1. The summed E-state index contributed by atoms with van der Waals surface area (Å²) in [6, 6.07) is 12.1. The van der Waals surface area contributed by atoms with Crippen molar-refractivity contribution in [1.29, 1.82) is 0 Å². The molecule has 3 rings (SSSR count). The van der Waals surface area contributed by atoms with Gasteiger partial charge in [0.25, 0.3) is 5.91 Å². The topological polar surface area (TPSA) is 76.1 Å². The quantitative estimate of drug-likeness (QED) is 0.569. The van der Waals surface area contributed by atoms with Crippen LogP contribution in [0.4, 0.5) is 5.69 Å². The van der Waals surface area contributed by atoms with Crippen molar-refractivity contribution in [3.05, 3.63) is 69.3 Å². The second kappa shape index (κ2) is 7.90. The summed E-state index contributed by atoms with van der Waals surface area (Å²) in [5, 5.41) is 10.4. The predicted octanol–water partition coefficient (Wildman–Crippen LogP) is 4.04. The fourth-order valence-electron chi connectivity index (χ4n) is 3.08. The highest BCUT2D eigenvalue weighted by Gasteiger charge is 2.38. The van der Waals surface area contributed by atoms with Crippen molar-refractivity contribution >= 4 is 39.6 Å². The first kappa shape index (κ1) is 19.7. The molecule has 1 N–H and O–H groups in total. The van der Waals surface area contributed by atoms with Gasteiger partial charge in [-0.25, -0.2) is 4.79 Å². The second-order valence-electron chi connectivity index (χ2n) is 6.03. The second-order valence-corrected chi connectivity index (χ2v) is 6.94. The maximum Gasteiger partial charge on any atom is 0.340 e. The molecule has 0 fully saturated rings. The highest BCUT2D eigenvalue weighted by atomic mass is 79.9. The monoisotopic (exact) mass is 443 g/mol. The van der Waals surface area contributed by atoms with Crippen LogP contribution in [0.25, 0.3) is 6.08 Å². The molecule has 0 bridgehead atoms. The van der Waals surface area contributed by atoms with E-state index in [1.54, 1.807) is 43.3 Å². The number of carbonyl (C=O) groups is 2. The Balaban J connectivity index is 2.18. The molecule has 144 valence electrons. The number of methoxy groups -OCH3 is 2. The number of benzene rings is 2. The van der Waals surface area contributed by atoms with Gasteiger partial charge in [-0.1, -0.05) is 34.1 Å². The summed E-state index contributed by atoms with van der Waals surface area (Å²) in [5.74, 6) is -0.868. The number of ether oxygens (including phenoxy) is 2. The normalized spacial score (nSPS) is 15.4. The van der Waals surface area contributed by atoms with Gasteiger partial charge in [-0.05, 0) is 37.3 Å². The van der Waals surface area contributed by atoms with E-state index < -0.39 is 11.9 Å². The van der Waals surface area contributed by atoms with Gasteiger partial charge >= 0.3 is 5.97 Å². The number of hydrogen-bond donors (Lipinski definition) is 1. The Labute approximate surface area is 170 Å². The first-order valence-corrected chi connectivity index (χ1v) is 9.15. The van der Waals surface area contributed by atoms with E-state index in [0.29, 0.717) is 16.9 Å². The average molecular weight is 444 g/mol. The van der Waals surface area contributed by atoms with Crippen molar-refractivity contribution in [1.82, 2.24) is 0 Å². The lowest BCUT2D eigenvalue weighted by Gasteiger charge is -2.18. The fourth-order valence-corrected chi connectivity index (χ4v) is 3.47. The van der Waals surface area contributed by atoms with Gasteiger partial charge in [0.1, 0.15) is 0 Å². The van der Waals surface area contributed by atoms with Crippen molar-refractivity contribution in [2.75, 3.05) is 19.1 Å². The molecule has 7 heteroatoms. The molecule has 1 heterocycles. The summed E-state index contributed by atoms with van der Waals surface area (Å²) >= 11 is 3.39. The number of amides is 1. The number of hydrogen-bond acceptors (Lipinski definition) is 5. The molecular formula is C21H18BrNO5. The van der Waals surface area contributed by atoms with Gasteiger partial charge in [0.2, 0.25) is 0 Å². The Morgan fingerprint density at radius 1 is 1.18 bits per heavy atom. The number of nitrogens with zero attached hydrogens (tertiary/aromatic N) is 1. The molecule has 0 aliphatic carbocycles. The number of phenolic OH excluding ortho intramolecular Hbond substituents is 1. The van der Waals surface area contributed by atoms with E-state index in [9.17, 15) is 14.7 Å². The minimum absolute atomic E-state index is 0.118. The molecule has 0 saturated carbocycles. The number of esters is 1. The summed E-state index contributed by atoms with van der Waals surface area (Å²) < 4.78 is 10.8. The van der Waals surface area contributed by atoms with E-state index in [4.69, 9.17) is 9.47 Å². The Hall–Kier alpha value is -3.06. The number of rotatable bonds is 4. The lowest BCUT2D eigenvalue weighted by molar-refractivity contribution is -0.136. The van der Waals surface area contributed by atoms with Gasteiger partial charge in [0.05, 0.1) is 31.1 Å². The van der Waals surface area contributed by atoms with Crippen LogP contribution in [-0.4, -0.2) is 31.2 Å². The molecule has 2 aromatic carbocycles. The van der Waals surface area contributed by atoms with Gasteiger partial charge < -0.3 is 14.6 Å². The number of phenols is 1. The van der Waals surface area contributed by atoms with Crippen molar-refractivity contribution in [2.24, 2.45) is 0 Å². The van der Waals surface area contributed by atoms with Crippen molar-refractivity contribution in [3.63, 3.8) is 0 Å². The molecule has 0 saturated heterocycles. The van der Waals surface area contributed by atoms with Gasteiger partial charge in [0, 0.05) is 15.7 Å². The van der Waals surface area contributed by atoms with E-state index in [1.165, 1.54) is 25.2 Å². The summed E-state index contributed by atoms with van der Waals surface area (Å²) in [6.07, 6.45) is 1.47. The molecule has 2 aromatic rings. The first-order chi connectivity index (χ1) is 13.4. The van der Waals surface area contributed by atoms with Crippen LogP contribution in [0.5, 0.6) is 11.5 Å². The Kier molecular flexibility index (Phi) is 5.56. The third-order valence-corrected chi connectivity index (χ3v) is 4.90. The van der Waals surface area contributed by atoms with Crippen molar-refractivity contribution < 1.29 is 24.2 Å². The molecule has 0 radical (unpaired) electrons. The lowest BCUT2D eigenvalue weighted by Crippen LogP contribution is -2.24. The van der Waals surface area contributed by atoms with E-state index in [2.05, 4.69) is 15.9 Å². The molecule has 1 aliphatic rings. The third kappa shape index (κ3) is 3.41. The zero-order chi connectivity index (χ0) is 20.4. The molecule has 0 unspecified atom stereocenters. The maximum absolute atomic E-state index is 13.2. The predicted molar refractivity (Wildman–Crippen MR) is 109 cm³/mol. The Bertz CT molecular complexity index is 1030. The minimum atomic E-state index is -0.628. The van der Waals surface area contributed by atoms with Crippen LogP contribution < -0.4 is 9.64 Å². The fraction of sp³-hybridized carbons (Fsp3) is 0.143. The number of carbonyl (C=O) groups excluding carboxylic acids is 2. The largest absolute Gasteiger partial charge is 0.504 e. The molecule has 6 nitrogen and oxygen atoms in total. The summed E-state index contributed by atoms with van der Waals surface area (Å²) in [7, 11) is 2.70. The van der Waals surface area contributed by atoms with Gasteiger partial charge in [0.15, 0.2) is 11.5 Å². The molecule has 1 amide bonds. The smallest absolute Gasteiger partial charge is 0.340 e. The molecule has 0 aromatic heterocycles. The number of halogens is 1. The number of para-hydroxylation sites is 1. The lowest BCUT2D eigenvalue weighted by atomic mass is 10.0. The zero-order valence-electron chi connectivity index (χ0n) is 15.5. The van der Waals surface area contributed by atoms with Crippen LogP contribution in [-0.2, 0) is 14.3 Å². The van der Waals surface area contributed by atoms with Gasteiger partial charge in [-0.15, -0.1) is 0 Å². The van der Waals surface area contributed by atoms with Crippen LogP contribution >= 0.6 is 15.9 Å². The SMILES string of the molecule is COC(=O)C1=C(C)N(c2cccc(Br)c2)C(=O)/C1=C\c1cccc(OC)c1O. The molecular weight excluding hydrogens is 426 g/mol. The van der Waals surface area contributed by atoms with Crippen LogP contribution in [0.3, 0.4) is 0 Å².